The van der Waals surface area contributed by atoms with E-state index in [9.17, 15) is 4.79 Å². The Bertz CT molecular complexity index is 305. The second-order valence-corrected chi connectivity index (χ2v) is 4.90. The second-order valence-electron chi connectivity index (χ2n) is 2.84. The topological polar surface area (TPSA) is 29.1 Å². The molecule has 1 N–H and O–H groups in total. The summed E-state index contributed by atoms with van der Waals surface area (Å²) in [5.41, 5.74) is 0. The maximum Gasteiger partial charge on any atom is 0.261 e. The lowest BCUT2D eigenvalue weighted by Gasteiger charge is -2.00. The summed E-state index contributed by atoms with van der Waals surface area (Å²) in [6.07, 6.45) is 2.05. The molecular formula is C9H11Cl2NOS. The molecule has 5 heteroatoms. The Balaban J connectivity index is 2.52. The third kappa shape index (κ3) is 3.15. The van der Waals surface area contributed by atoms with E-state index in [1.165, 1.54) is 11.3 Å². The van der Waals surface area contributed by atoms with Crippen LogP contribution in [-0.4, -0.2) is 12.5 Å². The lowest BCUT2D eigenvalue weighted by atomic mass is 10.3. The molecule has 1 amide bonds. The quantitative estimate of drug-likeness (QED) is 0.815. The number of nitrogens with one attached hydrogen (secondary N) is 1. The van der Waals surface area contributed by atoms with E-state index in [0.29, 0.717) is 20.8 Å². The summed E-state index contributed by atoms with van der Waals surface area (Å²) in [4.78, 5) is 12.0. The highest BCUT2D eigenvalue weighted by Gasteiger charge is 2.11. The van der Waals surface area contributed by atoms with Crippen molar-refractivity contribution in [3.05, 3.63) is 20.3 Å². The van der Waals surface area contributed by atoms with Crippen molar-refractivity contribution >= 4 is 40.4 Å². The van der Waals surface area contributed by atoms with Crippen LogP contribution in [0.5, 0.6) is 0 Å². The van der Waals surface area contributed by atoms with Crippen LogP contribution in [0.1, 0.15) is 29.4 Å². The number of rotatable bonds is 4. The highest BCUT2D eigenvalue weighted by molar-refractivity contribution is 7.18. The summed E-state index contributed by atoms with van der Waals surface area (Å²) < 4.78 is 0.465. The van der Waals surface area contributed by atoms with Crippen molar-refractivity contribution in [3.8, 4) is 0 Å². The zero-order valence-electron chi connectivity index (χ0n) is 7.77. The van der Waals surface area contributed by atoms with Gasteiger partial charge in [-0.1, -0.05) is 36.5 Å². The number of thiophene rings is 1. The van der Waals surface area contributed by atoms with Crippen LogP contribution < -0.4 is 5.32 Å². The lowest BCUT2D eigenvalue weighted by molar-refractivity contribution is 0.0957. The van der Waals surface area contributed by atoms with Gasteiger partial charge in [0.15, 0.2) is 0 Å². The van der Waals surface area contributed by atoms with Crippen LogP contribution in [0, 0.1) is 0 Å². The van der Waals surface area contributed by atoms with Crippen LogP contribution in [-0.2, 0) is 0 Å². The van der Waals surface area contributed by atoms with Crippen molar-refractivity contribution in [2.75, 3.05) is 6.54 Å². The Hall–Kier alpha value is -0.250. The number of amides is 1. The number of hydrogen-bond donors (Lipinski definition) is 1. The molecule has 0 aliphatic heterocycles. The van der Waals surface area contributed by atoms with Crippen molar-refractivity contribution in [2.45, 2.75) is 19.8 Å². The zero-order valence-corrected chi connectivity index (χ0v) is 10.1. The van der Waals surface area contributed by atoms with E-state index in [1.54, 1.807) is 6.07 Å². The molecular weight excluding hydrogens is 241 g/mol. The molecule has 0 saturated heterocycles. The Kier molecular flexibility index (Phi) is 4.72. The van der Waals surface area contributed by atoms with Gasteiger partial charge in [0.05, 0.1) is 9.90 Å². The Labute approximate surface area is 97.2 Å². The predicted molar refractivity (Wildman–Crippen MR) is 61.6 cm³/mol. The first-order valence-corrected chi connectivity index (χ1v) is 5.95. The van der Waals surface area contributed by atoms with Gasteiger partial charge in [0, 0.05) is 6.54 Å². The maximum atomic E-state index is 11.5. The lowest BCUT2D eigenvalue weighted by Crippen LogP contribution is -2.23. The standard InChI is InChI=1S/C9H11Cl2NOS/c1-2-3-4-12-9(13)7-5-6(10)8(11)14-7/h5H,2-4H2,1H3,(H,12,13). The summed E-state index contributed by atoms with van der Waals surface area (Å²) in [7, 11) is 0. The van der Waals surface area contributed by atoms with Gasteiger partial charge in [-0.05, 0) is 12.5 Å². The van der Waals surface area contributed by atoms with Gasteiger partial charge >= 0.3 is 0 Å². The number of halogens is 2. The van der Waals surface area contributed by atoms with E-state index in [4.69, 9.17) is 23.2 Å². The first kappa shape index (κ1) is 11.8. The molecule has 0 atom stereocenters. The summed E-state index contributed by atoms with van der Waals surface area (Å²) in [5.74, 6) is -0.0998. The molecule has 1 rings (SSSR count). The average molecular weight is 252 g/mol. The predicted octanol–water partition coefficient (Wildman–Crippen LogP) is 3.58. The Morgan fingerprint density at radius 2 is 2.29 bits per heavy atom. The van der Waals surface area contributed by atoms with Crippen LogP contribution in [0.15, 0.2) is 6.07 Å². The van der Waals surface area contributed by atoms with Gasteiger partial charge in [0.1, 0.15) is 4.34 Å². The van der Waals surface area contributed by atoms with E-state index in [1.807, 2.05) is 0 Å². The second kappa shape index (κ2) is 5.59. The van der Waals surface area contributed by atoms with Gasteiger partial charge in [0.2, 0.25) is 0 Å². The molecule has 1 heterocycles. The van der Waals surface area contributed by atoms with Gasteiger partial charge in [-0.25, -0.2) is 0 Å². The smallest absolute Gasteiger partial charge is 0.261 e. The number of hydrogen-bond acceptors (Lipinski definition) is 2. The van der Waals surface area contributed by atoms with E-state index < -0.39 is 0 Å². The highest BCUT2D eigenvalue weighted by atomic mass is 35.5. The van der Waals surface area contributed by atoms with Gasteiger partial charge in [-0.15, -0.1) is 11.3 Å². The average Bonchev–Trinajstić information content (AvgIpc) is 2.47. The monoisotopic (exact) mass is 251 g/mol. The first-order valence-electron chi connectivity index (χ1n) is 4.38. The van der Waals surface area contributed by atoms with Crippen molar-refractivity contribution in [1.29, 1.82) is 0 Å². The number of carbonyl (C=O) groups is 1. The number of unbranched alkanes of at least 4 members (excludes halogenated alkanes) is 1. The maximum absolute atomic E-state index is 11.5. The van der Waals surface area contributed by atoms with E-state index in [2.05, 4.69) is 12.2 Å². The van der Waals surface area contributed by atoms with Crippen LogP contribution in [0.25, 0.3) is 0 Å². The molecule has 0 aromatic carbocycles. The molecule has 0 bridgehead atoms. The normalized spacial score (nSPS) is 10.2. The van der Waals surface area contributed by atoms with E-state index in [-0.39, 0.29) is 5.91 Å². The highest BCUT2D eigenvalue weighted by Crippen LogP contribution is 2.31. The molecule has 0 spiro atoms. The molecule has 0 aliphatic rings. The fourth-order valence-electron chi connectivity index (χ4n) is 0.924. The fraction of sp³-hybridized carbons (Fsp3) is 0.444. The van der Waals surface area contributed by atoms with Crippen molar-refractivity contribution in [3.63, 3.8) is 0 Å². The molecule has 0 aliphatic carbocycles. The first-order chi connectivity index (χ1) is 6.65. The summed E-state index contributed by atoms with van der Waals surface area (Å²) in [6, 6.07) is 1.59. The van der Waals surface area contributed by atoms with E-state index >= 15 is 0 Å². The minimum Gasteiger partial charge on any atom is -0.351 e. The molecule has 0 fully saturated rings. The van der Waals surface area contributed by atoms with Crippen LogP contribution in [0.4, 0.5) is 0 Å². The molecule has 1 aromatic heterocycles. The van der Waals surface area contributed by atoms with Crippen LogP contribution >= 0.6 is 34.5 Å². The molecule has 0 saturated carbocycles. The van der Waals surface area contributed by atoms with Crippen LogP contribution in [0.3, 0.4) is 0 Å². The fourth-order valence-corrected chi connectivity index (χ4v) is 2.21. The third-order valence-electron chi connectivity index (χ3n) is 1.68. The minimum absolute atomic E-state index is 0.0998. The van der Waals surface area contributed by atoms with Crippen molar-refractivity contribution in [1.82, 2.24) is 5.32 Å². The zero-order chi connectivity index (χ0) is 10.6. The Morgan fingerprint density at radius 1 is 1.57 bits per heavy atom. The molecule has 2 nitrogen and oxygen atoms in total. The van der Waals surface area contributed by atoms with Gasteiger partial charge in [-0.3, -0.25) is 4.79 Å². The van der Waals surface area contributed by atoms with Crippen molar-refractivity contribution in [2.24, 2.45) is 0 Å². The minimum atomic E-state index is -0.0998. The SMILES string of the molecule is CCCCNC(=O)c1cc(Cl)c(Cl)s1. The summed E-state index contributed by atoms with van der Waals surface area (Å²) in [5, 5.41) is 3.24. The molecule has 1 aromatic rings. The Morgan fingerprint density at radius 3 is 2.79 bits per heavy atom. The van der Waals surface area contributed by atoms with Crippen molar-refractivity contribution < 1.29 is 4.79 Å². The van der Waals surface area contributed by atoms with Gasteiger partial charge in [-0.2, -0.15) is 0 Å². The molecule has 0 radical (unpaired) electrons. The summed E-state index contributed by atoms with van der Waals surface area (Å²) >= 11 is 12.7. The summed E-state index contributed by atoms with van der Waals surface area (Å²) in [6.45, 7) is 2.77. The molecule has 78 valence electrons. The molecule has 0 unspecified atom stereocenters. The van der Waals surface area contributed by atoms with Gasteiger partial charge < -0.3 is 5.32 Å². The van der Waals surface area contributed by atoms with Crippen LogP contribution in [0.2, 0.25) is 9.36 Å². The molecule has 14 heavy (non-hydrogen) atoms. The number of carbonyl (C=O) groups excluding carboxylic acids is 1. The third-order valence-corrected chi connectivity index (χ3v) is 3.55. The van der Waals surface area contributed by atoms with E-state index in [0.717, 1.165) is 12.8 Å². The van der Waals surface area contributed by atoms with Gasteiger partial charge in [0.25, 0.3) is 5.91 Å². The largest absolute Gasteiger partial charge is 0.351 e.